The molecular weight excluding hydrogens is 356 g/mol. The van der Waals surface area contributed by atoms with Crippen LogP contribution in [0.2, 0.25) is 0 Å². The summed E-state index contributed by atoms with van der Waals surface area (Å²) in [6.45, 7) is 7.70. The van der Waals surface area contributed by atoms with Crippen LogP contribution in [-0.2, 0) is 16.6 Å². The largest absolute Gasteiger partial charge is 0.298 e. The Balaban J connectivity index is 2.21. The fraction of sp³-hybridized carbons (Fsp3) is 0.400. The fourth-order valence-electron chi connectivity index (χ4n) is 2.11. The minimum absolute atomic E-state index is 0.0437. The number of anilines is 1. The highest BCUT2D eigenvalue weighted by atomic mass is 32.2. The number of rotatable bonds is 7. The second-order valence-electron chi connectivity index (χ2n) is 5.22. The average Bonchev–Trinajstić information content (AvgIpc) is 2.96. The Bertz CT molecular complexity index is 818. The molecule has 0 bridgehead atoms. The number of hydrogen-bond acceptors (Lipinski definition) is 5. The summed E-state index contributed by atoms with van der Waals surface area (Å²) >= 11 is 1.10. The van der Waals surface area contributed by atoms with Gasteiger partial charge in [-0.05, 0) is 31.6 Å². The lowest BCUT2D eigenvalue weighted by Crippen LogP contribution is -2.22. The second-order valence-corrected chi connectivity index (χ2v) is 7.73. The first-order valence-corrected chi connectivity index (χ1v) is 9.79. The minimum Gasteiger partial charge on any atom is -0.298 e. The van der Waals surface area contributed by atoms with Crippen molar-refractivity contribution in [2.45, 2.75) is 32.2 Å². The molecule has 1 heterocycles. The van der Waals surface area contributed by atoms with E-state index >= 15 is 0 Å². The van der Waals surface area contributed by atoms with E-state index in [0.29, 0.717) is 6.54 Å². The summed E-state index contributed by atoms with van der Waals surface area (Å²) in [5.74, 6) is -2.55. The van der Waals surface area contributed by atoms with Crippen LogP contribution in [0.15, 0.2) is 22.4 Å². The molecule has 0 aliphatic rings. The molecule has 0 radical (unpaired) electrons. The third-order valence-corrected chi connectivity index (χ3v) is 5.88. The van der Waals surface area contributed by atoms with E-state index < -0.39 is 26.6 Å². The molecule has 0 aliphatic heterocycles. The first-order chi connectivity index (χ1) is 11.3. The van der Waals surface area contributed by atoms with Gasteiger partial charge in [-0.2, -0.15) is 0 Å². The SMILES string of the molecule is CCN(CC)Cc1csc(NS(=O)(=O)c2ccc(C)c(F)c2F)n1. The van der Waals surface area contributed by atoms with Gasteiger partial charge in [0.2, 0.25) is 0 Å². The first kappa shape index (κ1) is 18.8. The Morgan fingerprint density at radius 3 is 2.50 bits per heavy atom. The van der Waals surface area contributed by atoms with Crippen molar-refractivity contribution in [1.29, 1.82) is 0 Å². The molecule has 9 heteroatoms. The van der Waals surface area contributed by atoms with Crippen LogP contribution in [0.3, 0.4) is 0 Å². The molecule has 1 aromatic heterocycles. The highest BCUT2D eigenvalue weighted by molar-refractivity contribution is 7.93. The standard InChI is InChI=1S/C15H19F2N3O2S2/c1-4-20(5-2)8-11-9-23-15(18-11)19-24(21,22)12-7-6-10(3)13(16)14(12)17/h6-7,9H,4-5,8H2,1-3H3,(H,18,19). The van der Waals surface area contributed by atoms with Gasteiger partial charge in [0.25, 0.3) is 10.0 Å². The second kappa shape index (κ2) is 7.54. The Kier molecular flexibility index (Phi) is 5.89. The zero-order valence-corrected chi connectivity index (χ0v) is 15.3. The van der Waals surface area contributed by atoms with E-state index in [4.69, 9.17) is 0 Å². The van der Waals surface area contributed by atoms with Crippen molar-refractivity contribution in [2.75, 3.05) is 17.8 Å². The lowest BCUT2D eigenvalue weighted by molar-refractivity contribution is 0.293. The number of aryl methyl sites for hydroxylation is 1. The maximum atomic E-state index is 13.9. The fourth-order valence-corrected chi connectivity index (χ4v) is 4.13. The number of halogens is 2. The van der Waals surface area contributed by atoms with Crippen LogP contribution in [0.5, 0.6) is 0 Å². The number of hydrogen-bond donors (Lipinski definition) is 1. The van der Waals surface area contributed by atoms with Crippen LogP contribution >= 0.6 is 11.3 Å². The molecule has 2 aromatic rings. The van der Waals surface area contributed by atoms with Crippen LogP contribution in [0.4, 0.5) is 13.9 Å². The zero-order valence-electron chi connectivity index (χ0n) is 13.6. The topological polar surface area (TPSA) is 62.3 Å². The summed E-state index contributed by atoms with van der Waals surface area (Å²) in [7, 11) is -4.24. The Morgan fingerprint density at radius 1 is 1.21 bits per heavy atom. The van der Waals surface area contributed by atoms with Gasteiger partial charge in [-0.15, -0.1) is 11.3 Å². The number of thiazole rings is 1. The smallest absolute Gasteiger partial charge is 0.266 e. The van der Waals surface area contributed by atoms with Gasteiger partial charge in [0.15, 0.2) is 16.8 Å². The quantitative estimate of drug-likeness (QED) is 0.806. The van der Waals surface area contributed by atoms with Crippen molar-refractivity contribution in [2.24, 2.45) is 0 Å². The molecule has 0 fully saturated rings. The van der Waals surface area contributed by atoms with E-state index in [1.807, 2.05) is 13.8 Å². The number of sulfonamides is 1. The number of benzene rings is 1. The monoisotopic (exact) mass is 375 g/mol. The van der Waals surface area contributed by atoms with Gasteiger partial charge in [-0.1, -0.05) is 19.9 Å². The van der Waals surface area contributed by atoms with Gasteiger partial charge in [0, 0.05) is 11.9 Å². The highest BCUT2D eigenvalue weighted by Gasteiger charge is 2.24. The zero-order chi connectivity index (χ0) is 17.9. The minimum atomic E-state index is -4.24. The third kappa shape index (κ3) is 4.08. The van der Waals surface area contributed by atoms with E-state index in [1.165, 1.54) is 13.0 Å². The lowest BCUT2D eigenvalue weighted by Gasteiger charge is -2.15. The van der Waals surface area contributed by atoms with E-state index in [0.717, 1.165) is 36.2 Å². The predicted molar refractivity (Wildman–Crippen MR) is 90.6 cm³/mol. The summed E-state index contributed by atoms with van der Waals surface area (Å²) in [6, 6.07) is 2.27. The van der Waals surface area contributed by atoms with Crippen molar-refractivity contribution in [3.8, 4) is 0 Å². The Labute approximate surface area is 144 Å². The van der Waals surface area contributed by atoms with Crippen molar-refractivity contribution in [3.05, 3.63) is 40.4 Å². The van der Waals surface area contributed by atoms with Gasteiger partial charge < -0.3 is 0 Å². The predicted octanol–water partition coefficient (Wildman–Crippen LogP) is 3.37. The highest BCUT2D eigenvalue weighted by Crippen LogP contribution is 2.24. The van der Waals surface area contributed by atoms with Gasteiger partial charge in [0.1, 0.15) is 4.90 Å². The molecule has 132 valence electrons. The normalized spacial score (nSPS) is 11.9. The van der Waals surface area contributed by atoms with Gasteiger partial charge in [-0.25, -0.2) is 22.2 Å². The molecule has 1 N–H and O–H groups in total. The molecule has 2 rings (SSSR count). The van der Waals surface area contributed by atoms with Gasteiger partial charge in [-0.3, -0.25) is 9.62 Å². The number of nitrogens with zero attached hydrogens (tertiary/aromatic N) is 2. The van der Waals surface area contributed by atoms with E-state index in [9.17, 15) is 17.2 Å². The molecular formula is C15H19F2N3O2S2. The average molecular weight is 375 g/mol. The van der Waals surface area contributed by atoms with Crippen LogP contribution in [0.25, 0.3) is 0 Å². The summed E-state index contributed by atoms with van der Waals surface area (Å²) in [4.78, 5) is 5.59. The van der Waals surface area contributed by atoms with Crippen molar-refractivity contribution in [1.82, 2.24) is 9.88 Å². The van der Waals surface area contributed by atoms with Crippen LogP contribution < -0.4 is 4.72 Å². The first-order valence-electron chi connectivity index (χ1n) is 7.42. The maximum absolute atomic E-state index is 13.9. The molecule has 0 atom stereocenters. The summed E-state index contributed by atoms with van der Waals surface area (Å²) < 4.78 is 54.3. The van der Waals surface area contributed by atoms with Crippen molar-refractivity contribution >= 4 is 26.5 Å². The van der Waals surface area contributed by atoms with Crippen LogP contribution in [0, 0.1) is 18.6 Å². The summed E-state index contributed by atoms with van der Waals surface area (Å²) in [5.41, 5.74) is 0.763. The molecule has 0 spiro atoms. The van der Waals surface area contributed by atoms with Gasteiger partial charge in [0.05, 0.1) is 5.69 Å². The molecule has 0 unspecified atom stereocenters. The summed E-state index contributed by atoms with van der Waals surface area (Å²) in [5, 5.41) is 1.86. The van der Waals surface area contributed by atoms with Gasteiger partial charge >= 0.3 is 0 Å². The molecule has 0 amide bonds. The number of aromatic nitrogens is 1. The van der Waals surface area contributed by atoms with E-state index in [2.05, 4.69) is 14.6 Å². The third-order valence-electron chi connectivity index (χ3n) is 3.58. The van der Waals surface area contributed by atoms with Crippen LogP contribution in [-0.4, -0.2) is 31.4 Å². The Morgan fingerprint density at radius 2 is 1.88 bits per heavy atom. The van der Waals surface area contributed by atoms with Crippen molar-refractivity contribution in [3.63, 3.8) is 0 Å². The maximum Gasteiger partial charge on any atom is 0.266 e. The molecule has 5 nitrogen and oxygen atoms in total. The molecule has 1 aromatic carbocycles. The Hall–Kier alpha value is -1.58. The number of nitrogens with one attached hydrogen (secondary N) is 1. The van der Waals surface area contributed by atoms with E-state index in [-0.39, 0.29) is 10.7 Å². The van der Waals surface area contributed by atoms with E-state index in [1.54, 1.807) is 5.38 Å². The van der Waals surface area contributed by atoms with Crippen molar-refractivity contribution < 1.29 is 17.2 Å². The van der Waals surface area contributed by atoms with Crippen LogP contribution in [0.1, 0.15) is 25.1 Å². The molecule has 0 aliphatic carbocycles. The lowest BCUT2D eigenvalue weighted by atomic mass is 10.2. The molecule has 0 saturated heterocycles. The molecule has 24 heavy (non-hydrogen) atoms. The molecule has 0 saturated carbocycles. The summed E-state index contributed by atoms with van der Waals surface area (Å²) in [6.07, 6.45) is 0.